The van der Waals surface area contributed by atoms with Gasteiger partial charge in [-0.3, -0.25) is 9.20 Å². The minimum absolute atomic E-state index is 0.119. The van der Waals surface area contributed by atoms with Gasteiger partial charge in [0.15, 0.2) is 0 Å². The summed E-state index contributed by atoms with van der Waals surface area (Å²) in [5, 5.41) is 11.1. The summed E-state index contributed by atoms with van der Waals surface area (Å²) in [6.45, 7) is 7.10. The Labute approximate surface area is 149 Å². The number of aromatic nitrogens is 3. The summed E-state index contributed by atoms with van der Waals surface area (Å²) in [6, 6.07) is 7.93. The lowest BCUT2D eigenvalue weighted by Gasteiger charge is -2.28. The zero-order valence-electron chi connectivity index (χ0n) is 14.2. The summed E-state index contributed by atoms with van der Waals surface area (Å²) in [5.74, 6) is 0.671. The molecule has 0 aliphatic carbocycles. The van der Waals surface area contributed by atoms with Gasteiger partial charge in [0.1, 0.15) is 10.7 Å². The van der Waals surface area contributed by atoms with Crippen molar-refractivity contribution in [3.8, 4) is 0 Å². The van der Waals surface area contributed by atoms with Crippen molar-refractivity contribution in [2.75, 3.05) is 36.5 Å². The maximum absolute atomic E-state index is 12.6. The van der Waals surface area contributed by atoms with E-state index in [1.807, 2.05) is 42.5 Å². The highest BCUT2D eigenvalue weighted by Gasteiger charge is 2.18. The smallest absolute Gasteiger partial charge is 0.267 e. The summed E-state index contributed by atoms with van der Waals surface area (Å²) < 4.78 is 7.28. The first-order chi connectivity index (χ1) is 12.1. The van der Waals surface area contributed by atoms with Crippen LogP contribution in [0.25, 0.3) is 4.96 Å². The highest BCUT2D eigenvalue weighted by atomic mass is 32.1. The molecule has 8 heteroatoms. The largest absolute Gasteiger partial charge is 0.378 e. The first-order valence-corrected chi connectivity index (χ1v) is 9.00. The Kier molecular flexibility index (Phi) is 4.14. The van der Waals surface area contributed by atoms with Crippen molar-refractivity contribution >= 4 is 33.6 Å². The van der Waals surface area contributed by atoms with Crippen molar-refractivity contribution in [2.24, 2.45) is 0 Å². The Morgan fingerprint density at radius 3 is 2.56 bits per heavy atom. The normalized spacial score (nSPS) is 14.9. The molecule has 3 heterocycles. The molecule has 1 aliphatic heterocycles. The van der Waals surface area contributed by atoms with Gasteiger partial charge in [-0.15, -0.1) is 10.2 Å². The third kappa shape index (κ3) is 2.98. The van der Waals surface area contributed by atoms with E-state index in [9.17, 15) is 4.79 Å². The van der Waals surface area contributed by atoms with E-state index in [4.69, 9.17) is 4.74 Å². The topological polar surface area (TPSA) is 71.8 Å². The number of thiazole rings is 1. The van der Waals surface area contributed by atoms with Crippen LogP contribution >= 0.6 is 11.3 Å². The van der Waals surface area contributed by atoms with Crippen LogP contribution in [-0.4, -0.2) is 46.8 Å². The summed E-state index contributed by atoms with van der Waals surface area (Å²) >= 11 is 1.35. The number of benzene rings is 1. The number of nitrogens with zero attached hydrogens (tertiary/aromatic N) is 4. The molecule has 0 bridgehead atoms. The lowest BCUT2D eigenvalue weighted by atomic mass is 10.2. The second-order valence-electron chi connectivity index (χ2n) is 5.98. The quantitative estimate of drug-likeness (QED) is 0.780. The molecule has 2 aromatic heterocycles. The van der Waals surface area contributed by atoms with Gasteiger partial charge in [0, 0.05) is 30.2 Å². The molecule has 1 saturated heterocycles. The number of anilines is 2. The number of nitrogens with one attached hydrogen (secondary N) is 1. The second kappa shape index (κ2) is 6.45. The predicted molar refractivity (Wildman–Crippen MR) is 97.8 cm³/mol. The first-order valence-electron chi connectivity index (χ1n) is 8.19. The fourth-order valence-electron chi connectivity index (χ4n) is 3.04. The number of aryl methyl sites for hydroxylation is 2. The molecule has 1 aromatic carbocycles. The van der Waals surface area contributed by atoms with Crippen molar-refractivity contribution in [1.29, 1.82) is 0 Å². The number of hydrogen-bond acceptors (Lipinski definition) is 6. The van der Waals surface area contributed by atoms with Crippen molar-refractivity contribution in [3.63, 3.8) is 0 Å². The average Bonchev–Trinajstić information content (AvgIpc) is 3.17. The standard InChI is InChI=1S/C17H19N5O2S/c1-11-15(25-17-20-19-12(2)22(11)17)16(23)18-13-3-5-14(6-4-13)21-7-9-24-10-8-21/h3-6H,7-10H2,1-2H3,(H,18,23). The number of rotatable bonds is 3. The van der Waals surface area contributed by atoms with Gasteiger partial charge >= 0.3 is 0 Å². The summed E-state index contributed by atoms with van der Waals surface area (Å²) in [7, 11) is 0. The van der Waals surface area contributed by atoms with Crippen LogP contribution in [0.5, 0.6) is 0 Å². The molecule has 1 N–H and O–H groups in total. The van der Waals surface area contributed by atoms with Gasteiger partial charge in [-0.2, -0.15) is 0 Å². The number of amides is 1. The molecule has 25 heavy (non-hydrogen) atoms. The molecule has 0 atom stereocenters. The lowest BCUT2D eigenvalue weighted by molar-refractivity contribution is 0.102. The van der Waals surface area contributed by atoms with E-state index in [0.717, 1.165) is 54.2 Å². The highest BCUT2D eigenvalue weighted by Crippen LogP contribution is 2.24. The zero-order chi connectivity index (χ0) is 17.4. The summed E-state index contributed by atoms with van der Waals surface area (Å²) in [4.78, 5) is 16.3. The van der Waals surface area contributed by atoms with Crippen LogP contribution in [-0.2, 0) is 4.74 Å². The molecular weight excluding hydrogens is 338 g/mol. The maximum atomic E-state index is 12.6. The monoisotopic (exact) mass is 357 g/mol. The molecule has 0 radical (unpaired) electrons. The van der Waals surface area contributed by atoms with E-state index in [0.29, 0.717) is 4.88 Å². The molecule has 0 spiro atoms. The number of ether oxygens (including phenoxy) is 1. The fraction of sp³-hybridized carbons (Fsp3) is 0.353. The maximum Gasteiger partial charge on any atom is 0.267 e. The molecular formula is C17H19N5O2S. The molecule has 7 nitrogen and oxygen atoms in total. The van der Waals surface area contributed by atoms with Crippen molar-refractivity contribution in [3.05, 3.63) is 40.7 Å². The molecule has 1 aliphatic rings. The number of hydrogen-bond donors (Lipinski definition) is 1. The zero-order valence-corrected chi connectivity index (χ0v) is 15.0. The van der Waals surface area contributed by atoms with Gasteiger partial charge in [-0.1, -0.05) is 11.3 Å². The molecule has 1 fully saturated rings. The van der Waals surface area contributed by atoms with Crippen LogP contribution in [0.15, 0.2) is 24.3 Å². The van der Waals surface area contributed by atoms with Crippen molar-refractivity contribution < 1.29 is 9.53 Å². The van der Waals surface area contributed by atoms with Gasteiger partial charge < -0.3 is 15.0 Å². The average molecular weight is 357 g/mol. The van der Waals surface area contributed by atoms with Crippen LogP contribution in [0.4, 0.5) is 11.4 Å². The van der Waals surface area contributed by atoms with E-state index in [-0.39, 0.29) is 5.91 Å². The Morgan fingerprint density at radius 1 is 1.16 bits per heavy atom. The van der Waals surface area contributed by atoms with Crippen LogP contribution in [0.3, 0.4) is 0 Å². The van der Waals surface area contributed by atoms with Crippen molar-refractivity contribution in [2.45, 2.75) is 13.8 Å². The Balaban J connectivity index is 1.50. The lowest BCUT2D eigenvalue weighted by Crippen LogP contribution is -2.36. The minimum Gasteiger partial charge on any atom is -0.378 e. The molecule has 1 amide bonds. The fourth-order valence-corrected chi connectivity index (χ4v) is 4.04. The van der Waals surface area contributed by atoms with E-state index >= 15 is 0 Å². The summed E-state index contributed by atoms with van der Waals surface area (Å²) in [6.07, 6.45) is 0. The van der Waals surface area contributed by atoms with Crippen LogP contribution in [0.1, 0.15) is 21.2 Å². The van der Waals surface area contributed by atoms with Gasteiger partial charge in [-0.05, 0) is 38.1 Å². The Morgan fingerprint density at radius 2 is 1.88 bits per heavy atom. The third-order valence-electron chi connectivity index (χ3n) is 4.36. The predicted octanol–water partition coefficient (Wildman–Crippen LogP) is 2.50. The van der Waals surface area contributed by atoms with Crippen LogP contribution in [0.2, 0.25) is 0 Å². The molecule has 0 saturated carbocycles. The minimum atomic E-state index is -0.119. The number of carbonyl (C=O) groups excluding carboxylic acids is 1. The number of fused-ring (bicyclic) bond motifs is 1. The van der Waals surface area contributed by atoms with E-state index in [1.165, 1.54) is 11.3 Å². The first kappa shape index (κ1) is 16.0. The van der Waals surface area contributed by atoms with Crippen LogP contribution < -0.4 is 10.2 Å². The molecule has 4 rings (SSSR count). The van der Waals surface area contributed by atoms with Gasteiger partial charge in [0.2, 0.25) is 4.96 Å². The SMILES string of the molecule is Cc1nnc2sc(C(=O)Nc3ccc(N4CCOCC4)cc3)c(C)n12. The number of morpholine rings is 1. The summed E-state index contributed by atoms with van der Waals surface area (Å²) in [5.41, 5.74) is 2.79. The van der Waals surface area contributed by atoms with E-state index < -0.39 is 0 Å². The molecule has 130 valence electrons. The molecule has 3 aromatic rings. The molecule has 0 unspecified atom stereocenters. The third-order valence-corrected chi connectivity index (χ3v) is 5.49. The van der Waals surface area contributed by atoms with Gasteiger partial charge in [0.25, 0.3) is 5.91 Å². The second-order valence-corrected chi connectivity index (χ2v) is 6.96. The van der Waals surface area contributed by atoms with Crippen LogP contribution in [0, 0.1) is 13.8 Å². The van der Waals surface area contributed by atoms with E-state index in [2.05, 4.69) is 20.4 Å². The number of carbonyl (C=O) groups is 1. The Bertz CT molecular complexity index is 909. The highest BCUT2D eigenvalue weighted by molar-refractivity contribution is 7.19. The Hall–Kier alpha value is -2.45. The van der Waals surface area contributed by atoms with Gasteiger partial charge in [0.05, 0.1) is 13.2 Å². The van der Waals surface area contributed by atoms with E-state index in [1.54, 1.807) is 0 Å². The van der Waals surface area contributed by atoms with Gasteiger partial charge in [-0.25, -0.2) is 0 Å². The van der Waals surface area contributed by atoms with Crippen molar-refractivity contribution in [1.82, 2.24) is 14.6 Å².